The van der Waals surface area contributed by atoms with E-state index in [1.54, 1.807) is 12.1 Å². The van der Waals surface area contributed by atoms with E-state index in [1.807, 2.05) is 19.9 Å². The maximum Gasteiger partial charge on any atom is 0.338 e. The van der Waals surface area contributed by atoms with Gasteiger partial charge in [-0.25, -0.2) is 4.79 Å². The second-order valence-corrected chi connectivity index (χ2v) is 4.25. The molecule has 106 valence electrons. The maximum atomic E-state index is 11.2. The van der Waals surface area contributed by atoms with Crippen LogP contribution in [0.25, 0.3) is 0 Å². The summed E-state index contributed by atoms with van der Waals surface area (Å²) in [6.45, 7) is 7.51. The van der Waals surface area contributed by atoms with Crippen molar-refractivity contribution in [3.05, 3.63) is 29.3 Å². The lowest BCUT2D eigenvalue weighted by molar-refractivity contribution is 0.0695. The Morgan fingerprint density at radius 3 is 2.74 bits per heavy atom. The van der Waals surface area contributed by atoms with Crippen molar-refractivity contribution < 1.29 is 14.6 Å². The van der Waals surface area contributed by atoms with Crippen LogP contribution in [0.15, 0.2) is 18.2 Å². The summed E-state index contributed by atoms with van der Waals surface area (Å²) in [7, 11) is 0. The summed E-state index contributed by atoms with van der Waals surface area (Å²) in [6.07, 6.45) is 0. The van der Waals surface area contributed by atoms with Gasteiger partial charge in [-0.1, -0.05) is 19.1 Å². The van der Waals surface area contributed by atoms with Crippen molar-refractivity contribution in [1.29, 1.82) is 0 Å². The zero-order valence-corrected chi connectivity index (χ0v) is 11.6. The van der Waals surface area contributed by atoms with Gasteiger partial charge in [0.05, 0.1) is 12.2 Å². The maximum absolute atomic E-state index is 11.2. The molecule has 0 aliphatic rings. The van der Waals surface area contributed by atoms with Gasteiger partial charge in [-0.2, -0.15) is 0 Å². The molecule has 0 aliphatic carbocycles. The van der Waals surface area contributed by atoms with Gasteiger partial charge in [-0.05, 0) is 25.1 Å². The van der Waals surface area contributed by atoms with E-state index in [2.05, 4.69) is 4.90 Å². The lowest BCUT2D eigenvalue weighted by atomic mass is 10.0. The number of carboxylic acids is 1. The monoisotopic (exact) mass is 266 g/mol. The molecule has 0 atom stereocenters. The lowest BCUT2D eigenvalue weighted by Gasteiger charge is -2.21. The third-order valence-electron chi connectivity index (χ3n) is 2.99. The second-order valence-electron chi connectivity index (χ2n) is 4.25. The minimum atomic E-state index is -0.978. The molecule has 5 nitrogen and oxygen atoms in total. The Morgan fingerprint density at radius 2 is 2.16 bits per heavy atom. The molecule has 0 saturated carbocycles. The van der Waals surface area contributed by atoms with E-state index in [4.69, 9.17) is 10.5 Å². The van der Waals surface area contributed by atoms with Crippen molar-refractivity contribution >= 4 is 11.7 Å². The van der Waals surface area contributed by atoms with Crippen LogP contribution in [0.2, 0.25) is 0 Å². The van der Waals surface area contributed by atoms with Gasteiger partial charge in [-0.3, -0.25) is 4.90 Å². The number of hydrogen-bond acceptors (Lipinski definition) is 4. The fourth-order valence-corrected chi connectivity index (χ4v) is 1.94. The third kappa shape index (κ3) is 4.54. The number of nitrogens with zero attached hydrogens (tertiary/aromatic N) is 1. The zero-order chi connectivity index (χ0) is 14.3. The van der Waals surface area contributed by atoms with E-state index >= 15 is 0 Å². The van der Waals surface area contributed by atoms with Crippen molar-refractivity contribution in [2.45, 2.75) is 20.4 Å². The number of hydrogen-bond donors (Lipinski definition) is 2. The Hall–Kier alpha value is -1.59. The molecule has 3 N–H and O–H groups in total. The van der Waals surface area contributed by atoms with E-state index in [0.29, 0.717) is 25.4 Å². The highest BCUT2D eigenvalue weighted by molar-refractivity contribution is 5.95. The number of nitrogens with two attached hydrogens (primary N) is 1. The van der Waals surface area contributed by atoms with Crippen LogP contribution in [0.1, 0.15) is 29.8 Å². The summed E-state index contributed by atoms with van der Waals surface area (Å²) in [5.74, 6) is -0.978. The number of aromatic carboxylic acids is 1. The Labute approximate surface area is 114 Å². The van der Waals surface area contributed by atoms with Gasteiger partial charge in [0.15, 0.2) is 0 Å². The van der Waals surface area contributed by atoms with Gasteiger partial charge in [0.25, 0.3) is 0 Å². The first-order chi connectivity index (χ1) is 9.10. The van der Waals surface area contributed by atoms with Crippen LogP contribution in [-0.4, -0.2) is 42.3 Å². The van der Waals surface area contributed by atoms with Crippen LogP contribution in [0.3, 0.4) is 0 Å². The normalized spacial score (nSPS) is 10.9. The Kier molecular flexibility index (Phi) is 6.32. The van der Waals surface area contributed by atoms with E-state index in [9.17, 15) is 9.90 Å². The smallest absolute Gasteiger partial charge is 0.338 e. The average molecular weight is 266 g/mol. The van der Waals surface area contributed by atoms with Crippen molar-refractivity contribution in [2.75, 3.05) is 32.0 Å². The predicted molar refractivity (Wildman–Crippen MR) is 75.3 cm³/mol. The Bertz CT molecular complexity index is 421. The molecule has 5 heteroatoms. The summed E-state index contributed by atoms with van der Waals surface area (Å²) in [5, 5.41) is 9.22. The zero-order valence-electron chi connectivity index (χ0n) is 11.6. The molecule has 0 fully saturated rings. The topological polar surface area (TPSA) is 75.8 Å². The fourth-order valence-electron chi connectivity index (χ4n) is 1.94. The fraction of sp³-hybridized carbons (Fsp3) is 0.500. The SMILES string of the molecule is CCOCCN(CC)Cc1cccc(N)c1C(=O)O. The molecule has 1 aromatic carbocycles. The molecule has 0 bridgehead atoms. The van der Waals surface area contributed by atoms with Gasteiger partial charge in [0, 0.05) is 25.4 Å². The molecular weight excluding hydrogens is 244 g/mol. The minimum absolute atomic E-state index is 0.206. The molecule has 0 heterocycles. The molecule has 0 aromatic heterocycles. The quantitative estimate of drug-likeness (QED) is 0.554. The molecule has 19 heavy (non-hydrogen) atoms. The van der Waals surface area contributed by atoms with E-state index in [1.165, 1.54) is 0 Å². The lowest BCUT2D eigenvalue weighted by Crippen LogP contribution is -2.28. The molecular formula is C14H22N2O3. The molecule has 1 rings (SSSR count). The highest BCUT2D eigenvalue weighted by Crippen LogP contribution is 2.18. The Morgan fingerprint density at radius 1 is 1.42 bits per heavy atom. The summed E-state index contributed by atoms with van der Waals surface area (Å²) in [6, 6.07) is 5.21. The van der Waals surface area contributed by atoms with Gasteiger partial charge in [-0.15, -0.1) is 0 Å². The Balaban J connectivity index is 2.79. The van der Waals surface area contributed by atoms with Crippen LogP contribution >= 0.6 is 0 Å². The molecule has 0 radical (unpaired) electrons. The average Bonchev–Trinajstić information content (AvgIpc) is 2.37. The standard InChI is InChI=1S/C14H22N2O3/c1-3-16(8-9-19-4-2)10-11-6-5-7-12(15)13(11)14(17)18/h5-7H,3-4,8-10,15H2,1-2H3,(H,17,18). The minimum Gasteiger partial charge on any atom is -0.478 e. The van der Waals surface area contributed by atoms with Crippen LogP contribution in [0.4, 0.5) is 5.69 Å². The van der Waals surface area contributed by atoms with Gasteiger partial charge in [0.1, 0.15) is 0 Å². The van der Waals surface area contributed by atoms with Crippen LogP contribution in [0.5, 0.6) is 0 Å². The number of likely N-dealkylation sites (N-methyl/N-ethyl adjacent to an activating group) is 1. The predicted octanol–water partition coefficient (Wildman–Crippen LogP) is 1.83. The van der Waals surface area contributed by atoms with Gasteiger partial charge in [0.2, 0.25) is 0 Å². The van der Waals surface area contributed by atoms with E-state index in [0.717, 1.165) is 18.7 Å². The highest BCUT2D eigenvalue weighted by atomic mass is 16.5. The van der Waals surface area contributed by atoms with Gasteiger partial charge < -0.3 is 15.6 Å². The number of benzene rings is 1. The van der Waals surface area contributed by atoms with Crippen LogP contribution in [0, 0.1) is 0 Å². The van der Waals surface area contributed by atoms with Crippen molar-refractivity contribution in [1.82, 2.24) is 4.90 Å². The second kappa shape index (κ2) is 7.76. The van der Waals surface area contributed by atoms with E-state index < -0.39 is 5.97 Å². The largest absolute Gasteiger partial charge is 0.478 e. The molecule has 0 spiro atoms. The number of anilines is 1. The molecule has 0 unspecified atom stereocenters. The highest BCUT2D eigenvalue weighted by Gasteiger charge is 2.15. The number of ether oxygens (including phenoxy) is 1. The summed E-state index contributed by atoms with van der Waals surface area (Å²) < 4.78 is 5.32. The number of rotatable bonds is 8. The molecule has 0 amide bonds. The number of carbonyl (C=O) groups is 1. The molecule has 1 aromatic rings. The van der Waals surface area contributed by atoms with Crippen molar-refractivity contribution in [3.63, 3.8) is 0 Å². The van der Waals surface area contributed by atoms with E-state index in [-0.39, 0.29) is 5.56 Å². The first-order valence-electron chi connectivity index (χ1n) is 6.50. The van der Waals surface area contributed by atoms with Gasteiger partial charge >= 0.3 is 5.97 Å². The first-order valence-corrected chi connectivity index (χ1v) is 6.50. The van der Waals surface area contributed by atoms with Crippen molar-refractivity contribution in [3.8, 4) is 0 Å². The molecule has 0 saturated heterocycles. The van der Waals surface area contributed by atoms with Crippen LogP contribution in [-0.2, 0) is 11.3 Å². The summed E-state index contributed by atoms with van der Waals surface area (Å²) in [4.78, 5) is 13.4. The first kappa shape index (κ1) is 15.5. The number of carboxylic acid groups (broad SMARTS) is 1. The summed E-state index contributed by atoms with van der Waals surface area (Å²) >= 11 is 0. The summed E-state index contributed by atoms with van der Waals surface area (Å²) in [5.41, 5.74) is 7.00. The number of nitrogen functional groups attached to an aromatic ring is 1. The van der Waals surface area contributed by atoms with Crippen molar-refractivity contribution in [2.24, 2.45) is 0 Å². The molecule has 0 aliphatic heterocycles. The van der Waals surface area contributed by atoms with Crippen LogP contribution < -0.4 is 5.73 Å². The third-order valence-corrected chi connectivity index (χ3v) is 2.99.